The number of benzene rings is 1. The number of carboxylic acids is 2. The summed E-state index contributed by atoms with van der Waals surface area (Å²) in [5.41, 5.74) is 0. The molecule has 1 rings (SSSR count). The monoisotopic (exact) mass is 468 g/mol. The molecule has 8 nitrogen and oxygen atoms in total. The predicted molar refractivity (Wildman–Crippen MR) is 58.3 cm³/mol. The first-order valence-electron chi connectivity index (χ1n) is 4.56. The van der Waals surface area contributed by atoms with Gasteiger partial charge in [0.1, 0.15) is 0 Å². The number of aliphatic hydroxyl groups excluding tert-OH is 2. The number of hydrogen-bond donors (Lipinski definition) is 4. The van der Waals surface area contributed by atoms with E-state index < -0.39 is 24.5 Å². The van der Waals surface area contributed by atoms with Crippen LogP contribution in [0.5, 0.6) is 0 Å². The van der Waals surface area contributed by atoms with E-state index in [9.17, 15) is 0 Å². The van der Waals surface area contributed by atoms with Crippen LogP contribution in [0.15, 0.2) is 30.3 Å². The number of carbonyl (C=O) groups is 2. The predicted octanol–water partition coefficient (Wildman–Crippen LogP) is -5.43. The van der Waals surface area contributed by atoms with Crippen LogP contribution >= 0.6 is 0 Å². The van der Waals surface area contributed by atoms with Crippen molar-refractivity contribution in [1.82, 2.24) is 0 Å². The molecule has 2 radical (unpaired) electrons. The fourth-order valence-electron chi connectivity index (χ4n) is 0.428. The topological polar surface area (TPSA) is 161 Å². The first kappa shape index (κ1) is 20.2. The van der Waals surface area contributed by atoms with Gasteiger partial charge >= 0.3 is 58.3 Å². The molecule has 0 aliphatic rings. The number of carbonyl (C=O) groups excluding carboxylic acids is 2. The maximum absolute atomic E-state index is 9.09. The van der Waals surface area contributed by atoms with Gasteiger partial charge in [-0.1, -0.05) is 0 Å². The fraction of sp³-hybridized carbons (Fsp3) is 0.200. The van der Waals surface area contributed by atoms with Gasteiger partial charge in [0.2, 0.25) is 0 Å². The summed E-state index contributed by atoms with van der Waals surface area (Å²) >= 11 is 1.36. The summed E-state index contributed by atoms with van der Waals surface area (Å²) in [6.07, 6.45) is -4.69. The van der Waals surface area contributed by atoms with E-state index in [0.29, 0.717) is 0 Å². The van der Waals surface area contributed by atoms with Gasteiger partial charge in [0.25, 0.3) is 0 Å². The molecule has 0 atom stereocenters. The summed E-state index contributed by atoms with van der Waals surface area (Å²) in [4.78, 5) is 18.2. The summed E-state index contributed by atoms with van der Waals surface area (Å²) in [6.45, 7) is 0. The summed E-state index contributed by atoms with van der Waals surface area (Å²) < 4.78 is 1.43. The van der Waals surface area contributed by atoms with Crippen molar-refractivity contribution < 1.29 is 40.2 Å². The first-order chi connectivity index (χ1) is 8.68. The van der Waals surface area contributed by atoms with Crippen molar-refractivity contribution in [3.05, 3.63) is 30.3 Å². The van der Waals surface area contributed by atoms with E-state index in [1.165, 1.54) is 28.0 Å². The molecule has 0 aromatic heterocycles. The van der Waals surface area contributed by atoms with Crippen molar-refractivity contribution in [3.63, 3.8) is 0 Å². The standard InChI is InChI=1S/C6H5.2C2H4O4.Bi/c1-2-4-6-5-3-1;2*3-1(4)2(5)6;/h1-5H;2*1,3-4H,(H,5,6);/q;;;+2/p-2. The Bertz CT molecular complexity index is 347. The molecule has 0 amide bonds. The van der Waals surface area contributed by atoms with Gasteiger partial charge in [0.05, 0.1) is 11.9 Å². The number of aliphatic hydroxyl groups is 4. The SMILES string of the molecule is O=C([O-])C(O)O.O=C([O-])C(O)O.[Bi+2][c]1ccccc1. The average molecular weight is 468 g/mol. The van der Waals surface area contributed by atoms with Crippen LogP contribution in [-0.2, 0) is 9.59 Å². The van der Waals surface area contributed by atoms with Gasteiger partial charge < -0.3 is 40.2 Å². The number of aliphatic carboxylic acids is 2. The molecule has 0 saturated carbocycles. The van der Waals surface area contributed by atoms with Gasteiger partial charge in [0, 0.05) is 0 Å². The molecule has 0 aliphatic carbocycles. The second-order valence-electron chi connectivity index (χ2n) is 2.72. The minimum atomic E-state index is -2.34. The molecule has 104 valence electrons. The Labute approximate surface area is 123 Å². The Kier molecular flexibility index (Phi) is 12.7. The third-order valence-corrected chi connectivity index (χ3v) is 2.34. The van der Waals surface area contributed by atoms with Crippen LogP contribution in [-0.4, -0.2) is 69.7 Å². The number of carboxylic acid groups (broad SMARTS) is 2. The molecular formula is C10H11BiO8. The molecular weight excluding hydrogens is 457 g/mol. The van der Waals surface area contributed by atoms with E-state index in [0.717, 1.165) is 0 Å². The van der Waals surface area contributed by atoms with Crippen LogP contribution in [0.3, 0.4) is 0 Å². The Hall–Kier alpha value is -1.12. The Morgan fingerprint density at radius 2 is 1.16 bits per heavy atom. The van der Waals surface area contributed by atoms with Crippen LogP contribution in [0.25, 0.3) is 0 Å². The van der Waals surface area contributed by atoms with Crippen molar-refractivity contribution >= 4 is 39.9 Å². The molecule has 1 aromatic carbocycles. The van der Waals surface area contributed by atoms with Crippen LogP contribution < -0.4 is 13.5 Å². The second kappa shape index (κ2) is 11.9. The summed E-state index contributed by atoms with van der Waals surface area (Å²) in [5.74, 6) is -3.76. The Morgan fingerprint density at radius 1 is 0.895 bits per heavy atom. The molecule has 19 heavy (non-hydrogen) atoms. The average Bonchev–Trinajstić information content (AvgIpc) is 2.31. The molecule has 4 N–H and O–H groups in total. The van der Waals surface area contributed by atoms with Crippen molar-refractivity contribution in [3.8, 4) is 0 Å². The van der Waals surface area contributed by atoms with Gasteiger partial charge in [-0.15, -0.1) is 0 Å². The Balaban J connectivity index is 0. The number of rotatable bonds is 2. The molecule has 0 saturated heterocycles. The zero-order valence-electron chi connectivity index (χ0n) is 9.41. The fourth-order valence-corrected chi connectivity index (χ4v) is 1.10. The molecule has 0 heterocycles. The summed E-state index contributed by atoms with van der Waals surface area (Å²) in [6, 6.07) is 10.4. The van der Waals surface area contributed by atoms with E-state index in [2.05, 4.69) is 24.3 Å². The quantitative estimate of drug-likeness (QED) is 0.247. The van der Waals surface area contributed by atoms with Crippen LogP contribution in [0.1, 0.15) is 0 Å². The zero-order valence-corrected chi connectivity index (χ0v) is 12.9. The molecule has 0 aliphatic heterocycles. The molecule has 0 bridgehead atoms. The van der Waals surface area contributed by atoms with Crippen molar-refractivity contribution in [2.45, 2.75) is 12.6 Å². The third-order valence-electron chi connectivity index (χ3n) is 1.18. The van der Waals surface area contributed by atoms with E-state index in [4.69, 9.17) is 40.2 Å². The van der Waals surface area contributed by atoms with E-state index in [1.54, 1.807) is 0 Å². The Morgan fingerprint density at radius 3 is 1.26 bits per heavy atom. The second-order valence-corrected chi connectivity index (χ2v) is 4.73. The molecule has 0 fully saturated rings. The van der Waals surface area contributed by atoms with E-state index >= 15 is 0 Å². The zero-order chi connectivity index (χ0) is 15.4. The van der Waals surface area contributed by atoms with Gasteiger partial charge in [0.15, 0.2) is 12.6 Å². The number of hydrogen-bond acceptors (Lipinski definition) is 8. The summed E-state index contributed by atoms with van der Waals surface area (Å²) in [7, 11) is 0. The first-order valence-corrected chi connectivity index (χ1v) is 6.30. The summed E-state index contributed by atoms with van der Waals surface area (Å²) in [5, 5.41) is 48.3. The van der Waals surface area contributed by atoms with Gasteiger partial charge in [-0.05, 0) is 0 Å². The van der Waals surface area contributed by atoms with E-state index in [-0.39, 0.29) is 0 Å². The molecule has 0 unspecified atom stereocenters. The molecule has 0 spiro atoms. The molecule has 1 aromatic rings. The van der Waals surface area contributed by atoms with Crippen LogP contribution in [0.4, 0.5) is 0 Å². The third kappa shape index (κ3) is 16.9. The molecule has 9 heteroatoms. The van der Waals surface area contributed by atoms with Crippen molar-refractivity contribution in [1.29, 1.82) is 0 Å². The van der Waals surface area contributed by atoms with Crippen LogP contribution in [0, 0.1) is 0 Å². The van der Waals surface area contributed by atoms with Gasteiger partial charge in [-0.25, -0.2) is 0 Å². The van der Waals surface area contributed by atoms with Crippen molar-refractivity contribution in [2.75, 3.05) is 0 Å². The van der Waals surface area contributed by atoms with Gasteiger partial charge in [-0.3, -0.25) is 0 Å². The minimum absolute atomic E-state index is 1.36. The van der Waals surface area contributed by atoms with E-state index in [1.807, 2.05) is 6.07 Å². The maximum atomic E-state index is 9.09. The van der Waals surface area contributed by atoms with Gasteiger partial charge in [-0.2, -0.15) is 0 Å². The van der Waals surface area contributed by atoms with Crippen molar-refractivity contribution in [2.24, 2.45) is 0 Å². The van der Waals surface area contributed by atoms with Crippen LogP contribution in [0.2, 0.25) is 0 Å². The normalized spacial score (nSPS) is 8.95.